The van der Waals surface area contributed by atoms with Gasteiger partial charge in [0, 0.05) is 10.4 Å². The molecule has 0 fully saturated rings. The molecule has 0 atom stereocenters. The van der Waals surface area contributed by atoms with Crippen molar-refractivity contribution in [2.24, 2.45) is 0 Å². The molecule has 0 saturated carbocycles. The van der Waals surface area contributed by atoms with Crippen LogP contribution in [-0.2, 0) is 0 Å². The van der Waals surface area contributed by atoms with Gasteiger partial charge >= 0.3 is 5.97 Å². The predicted molar refractivity (Wildman–Crippen MR) is 51.9 cm³/mol. The minimum Gasteiger partial charge on any atom is -0.492 e. The molecule has 3 nitrogen and oxygen atoms in total. The van der Waals surface area contributed by atoms with E-state index in [4.69, 9.17) is 9.84 Å². The normalized spacial score (nSPS) is 10.1. The Labute approximate surface area is 81.0 Å². The van der Waals surface area contributed by atoms with Crippen LogP contribution in [0.2, 0.25) is 0 Å². The van der Waals surface area contributed by atoms with E-state index in [1.54, 1.807) is 0 Å². The lowest BCUT2D eigenvalue weighted by molar-refractivity contribution is 0.0698. The monoisotopic (exact) mass is 200 g/mol. The molecule has 0 bridgehead atoms. The highest BCUT2D eigenvalue weighted by Crippen LogP contribution is 2.34. The van der Waals surface area contributed by atoms with E-state index in [2.05, 4.69) is 0 Å². The lowest BCUT2D eigenvalue weighted by atomic mass is 10.2. The lowest BCUT2D eigenvalue weighted by Gasteiger charge is -2.02. The molecule has 0 unspecified atom stereocenters. The average molecular weight is 200 g/mol. The molecule has 13 heavy (non-hydrogen) atoms. The summed E-state index contributed by atoms with van der Waals surface area (Å²) < 4.78 is 5.28. The van der Waals surface area contributed by atoms with Crippen molar-refractivity contribution in [3.63, 3.8) is 0 Å². The zero-order valence-electron chi connectivity index (χ0n) is 7.88. The van der Waals surface area contributed by atoms with Gasteiger partial charge in [0.15, 0.2) is 4.88 Å². The van der Waals surface area contributed by atoms with Gasteiger partial charge in [0.1, 0.15) is 5.75 Å². The molecule has 1 heterocycles. The zero-order chi connectivity index (χ0) is 10.0. The molecule has 1 aromatic heterocycles. The fraction of sp³-hybridized carbons (Fsp3) is 0.444. The highest BCUT2D eigenvalue weighted by atomic mass is 32.1. The Kier molecular flexibility index (Phi) is 2.93. The van der Waals surface area contributed by atoms with Crippen molar-refractivity contribution in [1.29, 1.82) is 0 Å². The third kappa shape index (κ3) is 1.83. The van der Waals surface area contributed by atoms with Gasteiger partial charge in [0.05, 0.1) is 6.61 Å². The van der Waals surface area contributed by atoms with Crippen LogP contribution in [-0.4, -0.2) is 17.7 Å². The maximum atomic E-state index is 10.8. The Balaban J connectivity index is 3.18. The van der Waals surface area contributed by atoms with Gasteiger partial charge in [-0.1, -0.05) is 0 Å². The number of carboxylic acids is 1. The van der Waals surface area contributed by atoms with Crippen LogP contribution in [0.5, 0.6) is 5.75 Å². The highest BCUT2D eigenvalue weighted by molar-refractivity contribution is 7.14. The van der Waals surface area contributed by atoms with Gasteiger partial charge in [0.2, 0.25) is 0 Å². The summed E-state index contributed by atoms with van der Waals surface area (Å²) in [6.45, 7) is 6.12. The van der Waals surface area contributed by atoms with Gasteiger partial charge in [-0.2, -0.15) is 0 Å². The van der Waals surface area contributed by atoms with Gasteiger partial charge in [-0.3, -0.25) is 0 Å². The molecule has 1 N–H and O–H groups in total. The molecule has 0 radical (unpaired) electrons. The zero-order valence-corrected chi connectivity index (χ0v) is 8.70. The first kappa shape index (κ1) is 10.1. The number of hydrogen-bond donors (Lipinski definition) is 1. The molecule has 0 aliphatic rings. The topological polar surface area (TPSA) is 46.5 Å². The Bertz CT molecular complexity index is 328. The molecule has 4 heteroatoms. The van der Waals surface area contributed by atoms with Crippen LogP contribution in [0.4, 0.5) is 0 Å². The summed E-state index contributed by atoms with van der Waals surface area (Å²) in [4.78, 5) is 12.1. The van der Waals surface area contributed by atoms with Crippen LogP contribution in [0.3, 0.4) is 0 Å². The molecule has 0 spiro atoms. The molecule has 0 aliphatic carbocycles. The van der Waals surface area contributed by atoms with Gasteiger partial charge in [-0.25, -0.2) is 4.79 Å². The van der Waals surface area contributed by atoms with Crippen molar-refractivity contribution in [2.75, 3.05) is 6.61 Å². The largest absolute Gasteiger partial charge is 0.492 e. The summed E-state index contributed by atoms with van der Waals surface area (Å²) in [6.07, 6.45) is 0. The molecule has 0 aliphatic heterocycles. The summed E-state index contributed by atoms with van der Waals surface area (Å²) in [5.74, 6) is -0.387. The second-order valence-corrected chi connectivity index (χ2v) is 3.90. The maximum absolute atomic E-state index is 10.8. The fourth-order valence-corrected chi connectivity index (χ4v) is 2.01. The van der Waals surface area contributed by atoms with Gasteiger partial charge in [-0.05, 0) is 20.8 Å². The van der Waals surface area contributed by atoms with Crippen LogP contribution in [0.15, 0.2) is 0 Å². The lowest BCUT2D eigenvalue weighted by Crippen LogP contribution is -1.99. The van der Waals surface area contributed by atoms with E-state index < -0.39 is 5.97 Å². The smallest absolute Gasteiger partial charge is 0.349 e. The van der Waals surface area contributed by atoms with E-state index >= 15 is 0 Å². The number of carboxylic acid groups (broad SMARTS) is 1. The summed E-state index contributed by atoms with van der Waals surface area (Å²) in [6, 6.07) is 0. The molecular weight excluding hydrogens is 188 g/mol. The number of ether oxygens (including phenoxy) is 1. The first-order chi connectivity index (χ1) is 6.07. The molecule has 0 aromatic carbocycles. The summed E-state index contributed by atoms with van der Waals surface area (Å²) in [5.41, 5.74) is 0.934. The number of carbonyl (C=O) groups is 1. The van der Waals surface area contributed by atoms with Gasteiger partial charge in [-0.15, -0.1) is 11.3 Å². The number of aromatic carboxylic acids is 1. The Morgan fingerprint density at radius 3 is 2.62 bits per heavy atom. The van der Waals surface area contributed by atoms with Crippen LogP contribution >= 0.6 is 11.3 Å². The first-order valence-corrected chi connectivity index (χ1v) is 4.85. The summed E-state index contributed by atoms with van der Waals surface area (Å²) >= 11 is 1.26. The predicted octanol–water partition coefficient (Wildman–Crippen LogP) is 2.46. The number of rotatable bonds is 3. The van der Waals surface area contributed by atoms with E-state index in [9.17, 15) is 4.79 Å². The fourth-order valence-electron chi connectivity index (χ4n) is 1.07. The standard InChI is InChI=1S/C9H12O3S/c1-4-12-7-5(2)6(3)13-8(7)9(10)11/h4H2,1-3H3,(H,10,11). The first-order valence-electron chi connectivity index (χ1n) is 4.04. The Morgan fingerprint density at radius 1 is 1.54 bits per heavy atom. The second-order valence-electron chi connectivity index (χ2n) is 2.68. The van der Waals surface area contributed by atoms with E-state index in [1.165, 1.54) is 11.3 Å². The van der Waals surface area contributed by atoms with Crippen molar-refractivity contribution in [3.8, 4) is 5.75 Å². The number of hydrogen-bond acceptors (Lipinski definition) is 3. The van der Waals surface area contributed by atoms with E-state index in [1.807, 2.05) is 20.8 Å². The average Bonchev–Trinajstić information content (AvgIpc) is 2.33. The maximum Gasteiger partial charge on any atom is 0.349 e. The molecule has 0 amide bonds. The van der Waals surface area contributed by atoms with Crippen molar-refractivity contribution in [3.05, 3.63) is 15.3 Å². The quantitative estimate of drug-likeness (QED) is 0.815. The van der Waals surface area contributed by atoms with Gasteiger partial charge < -0.3 is 9.84 Å². The molecular formula is C9H12O3S. The van der Waals surface area contributed by atoms with Crippen molar-refractivity contribution >= 4 is 17.3 Å². The van der Waals surface area contributed by atoms with Crippen molar-refractivity contribution < 1.29 is 14.6 Å². The third-order valence-corrected chi connectivity index (χ3v) is 2.99. The summed E-state index contributed by atoms with van der Waals surface area (Å²) in [7, 11) is 0. The Morgan fingerprint density at radius 2 is 2.15 bits per heavy atom. The molecule has 1 aromatic rings. The summed E-state index contributed by atoms with van der Waals surface area (Å²) in [5, 5.41) is 8.86. The van der Waals surface area contributed by atoms with Crippen molar-refractivity contribution in [2.45, 2.75) is 20.8 Å². The minimum absolute atomic E-state index is 0.303. The van der Waals surface area contributed by atoms with Crippen molar-refractivity contribution in [1.82, 2.24) is 0 Å². The SMILES string of the molecule is CCOc1c(C(=O)O)sc(C)c1C. The van der Waals surface area contributed by atoms with E-state index in [0.29, 0.717) is 17.2 Å². The number of aryl methyl sites for hydroxylation is 1. The van der Waals surface area contributed by atoms with Crippen LogP contribution in [0, 0.1) is 13.8 Å². The molecule has 72 valence electrons. The second kappa shape index (κ2) is 3.79. The number of thiophene rings is 1. The van der Waals surface area contributed by atoms with E-state index in [0.717, 1.165) is 10.4 Å². The van der Waals surface area contributed by atoms with Crippen LogP contribution in [0.1, 0.15) is 27.0 Å². The van der Waals surface area contributed by atoms with Crippen LogP contribution in [0.25, 0.3) is 0 Å². The van der Waals surface area contributed by atoms with E-state index in [-0.39, 0.29) is 0 Å². The van der Waals surface area contributed by atoms with Crippen LogP contribution < -0.4 is 4.74 Å². The minimum atomic E-state index is -0.912. The third-order valence-electron chi connectivity index (χ3n) is 1.81. The molecule has 0 saturated heterocycles. The Hall–Kier alpha value is -1.03. The molecule has 1 rings (SSSR count). The van der Waals surface area contributed by atoms with Gasteiger partial charge in [0.25, 0.3) is 0 Å². The highest BCUT2D eigenvalue weighted by Gasteiger charge is 2.18.